The Hall–Kier alpha value is -1.30. The number of carbonyl (C=O) groups excluding carboxylic acids is 2. The van der Waals surface area contributed by atoms with Crippen LogP contribution in [0.15, 0.2) is 0 Å². The molecule has 126 valence electrons. The molecule has 10 heteroatoms. The SMILES string of the molecule is O=C(ON1CCOCC1)C(O)C(O)C(=O)ON1CCOCC1. The number of carbonyl (C=O) groups is 2. The van der Waals surface area contributed by atoms with Crippen molar-refractivity contribution in [1.82, 2.24) is 10.1 Å². The van der Waals surface area contributed by atoms with Crippen LogP contribution in [0.25, 0.3) is 0 Å². The molecule has 2 rings (SSSR count). The zero-order chi connectivity index (χ0) is 15.9. The molecule has 2 saturated heterocycles. The van der Waals surface area contributed by atoms with Crippen LogP contribution in [0, 0.1) is 0 Å². The molecule has 0 bridgehead atoms. The summed E-state index contributed by atoms with van der Waals surface area (Å²) >= 11 is 0. The monoisotopic (exact) mass is 320 g/mol. The van der Waals surface area contributed by atoms with E-state index in [-0.39, 0.29) is 0 Å². The van der Waals surface area contributed by atoms with Gasteiger partial charge in [-0.25, -0.2) is 9.59 Å². The van der Waals surface area contributed by atoms with Crippen LogP contribution in [0.3, 0.4) is 0 Å². The average Bonchev–Trinajstić information content (AvgIpc) is 2.55. The van der Waals surface area contributed by atoms with Crippen LogP contribution in [-0.2, 0) is 28.7 Å². The summed E-state index contributed by atoms with van der Waals surface area (Å²) in [4.78, 5) is 33.1. The van der Waals surface area contributed by atoms with Crippen molar-refractivity contribution in [2.24, 2.45) is 0 Å². The Morgan fingerprint density at radius 1 is 0.773 bits per heavy atom. The van der Waals surface area contributed by atoms with Gasteiger partial charge in [0.15, 0.2) is 12.2 Å². The molecular weight excluding hydrogens is 300 g/mol. The summed E-state index contributed by atoms with van der Waals surface area (Å²) in [6.45, 7) is 2.99. The van der Waals surface area contributed by atoms with Crippen LogP contribution < -0.4 is 0 Å². The maximum Gasteiger partial charge on any atom is 0.357 e. The van der Waals surface area contributed by atoms with Crippen molar-refractivity contribution >= 4 is 11.9 Å². The first kappa shape index (κ1) is 17.1. The minimum absolute atomic E-state index is 0.354. The summed E-state index contributed by atoms with van der Waals surface area (Å²) < 4.78 is 10.2. The van der Waals surface area contributed by atoms with Crippen LogP contribution in [0.5, 0.6) is 0 Å². The zero-order valence-electron chi connectivity index (χ0n) is 12.0. The standard InChI is InChI=1S/C12H20N2O8/c15-9(11(17)21-13-1-5-19-6-2-13)10(16)12(18)22-14-3-7-20-8-4-14/h9-10,15-16H,1-8H2. The number of aliphatic hydroxyl groups is 2. The van der Waals surface area contributed by atoms with Crippen LogP contribution in [-0.4, -0.2) is 97.1 Å². The van der Waals surface area contributed by atoms with Gasteiger partial charge in [-0.1, -0.05) is 0 Å². The predicted octanol–water partition coefficient (Wildman–Crippen LogP) is -2.71. The molecule has 10 nitrogen and oxygen atoms in total. The van der Waals surface area contributed by atoms with Gasteiger partial charge in [-0.2, -0.15) is 0 Å². The maximum absolute atomic E-state index is 11.7. The Kier molecular flexibility index (Phi) is 6.49. The molecule has 0 aromatic carbocycles. The molecule has 0 aromatic heterocycles. The van der Waals surface area contributed by atoms with E-state index in [2.05, 4.69) is 0 Å². The van der Waals surface area contributed by atoms with Gasteiger partial charge < -0.3 is 29.4 Å². The molecule has 2 aliphatic rings. The highest BCUT2D eigenvalue weighted by molar-refractivity contribution is 5.84. The first-order chi connectivity index (χ1) is 10.6. The quantitative estimate of drug-likeness (QED) is 0.553. The fourth-order valence-corrected chi connectivity index (χ4v) is 1.90. The molecule has 2 N–H and O–H groups in total. The van der Waals surface area contributed by atoms with Crippen LogP contribution >= 0.6 is 0 Å². The Bertz CT molecular complexity index is 345. The largest absolute Gasteiger partial charge is 0.379 e. The van der Waals surface area contributed by atoms with Crippen molar-refractivity contribution in [3.8, 4) is 0 Å². The smallest absolute Gasteiger partial charge is 0.357 e. The number of hydrogen-bond donors (Lipinski definition) is 2. The normalized spacial score (nSPS) is 23.5. The van der Waals surface area contributed by atoms with E-state index in [1.807, 2.05) is 0 Å². The number of aliphatic hydroxyl groups excluding tert-OH is 2. The molecular formula is C12H20N2O8. The van der Waals surface area contributed by atoms with Gasteiger partial charge in [0.25, 0.3) is 0 Å². The number of morpholine rings is 2. The van der Waals surface area contributed by atoms with Crippen molar-refractivity contribution in [2.75, 3.05) is 52.6 Å². The molecule has 2 heterocycles. The van der Waals surface area contributed by atoms with Gasteiger partial charge >= 0.3 is 11.9 Å². The van der Waals surface area contributed by atoms with E-state index in [1.165, 1.54) is 10.1 Å². The van der Waals surface area contributed by atoms with E-state index in [0.29, 0.717) is 52.6 Å². The van der Waals surface area contributed by atoms with Crippen molar-refractivity contribution < 1.29 is 39.0 Å². The lowest BCUT2D eigenvalue weighted by molar-refractivity contribution is -0.230. The Morgan fingerprint density at radius 3 is 1.41 bits per heavy atom. The average molecular weight is 320 g/mol. The van der Waals surface area contributed by atoms with Gasteiger partial charge in [-0.15, -0.1) is 10.1 Å². The van der Waals surface area contributed by atoms with E-state index < -0.39 is 24.1 Å². The molecule has 0 amide bonds. The lowest BCUT2D eigenvalue weighted by Gasteiger charge is -2.28. The molecule has 0 spiro atoms. The van der Waals surface area contributed by atoms with Gasteiger partial charge in [0.2, 0.25) is 0 Å². The van der Waals surface area contributed by atoms with Crippen LogP contribution in [0.4, 0.5) is 0 Å². The lowest BCUT2D eigenvalue weighted by atomic mass is 10.2. The molecule has 0 saturated carbocycles. The second kappa shape index (κ2) is 8.36. The van der Waals surface area contributed by atoms with Gasteiger partial charge in [0, 0.05) is 0 Å². The molecule has 22 heavy (non-hydrogen) atoms. The molecule has 2 unspecified atom stereocenters. The van der Waals surface area contributed by atoms with E-state index in [9.17, 15) is 19.8 Å². The fraction of sp³-hybridized carbons (Fsp3) is 0.833. The third-order valence-electron chi connectivity index (χ3n) is 3.16. The second-order valence-electron chi connectivity index (χ2n) is 4.79. The molecule has 0 aliphatic carbocycles. The fourth-order valence-electron chi connectivity index (χ4n) is 1.90. The highest BCUT2D eigenvalue weighted by atomic mass is 16.7. The van der Waals surface area contributed by atoms with E-state index in [1.54, 1.807) is 0 Å². The zero-order valence-corrected chi connectivity index (χ0v) is 12.0. The highest BCUT2D eigenvalue weighted by Gasteiger charge is 2.35. The Balaban J connectivity index is 1.77. The Morgan fingerprint density at radius 2 is 1.09 bits per heavy atom. The summed E-state index contributed by atoms with van der Waals surface area (Å²) in [6.07, 6.45) is -4.03. The minimum atomic E-state index is -2.02. The van der Waals surface area contributed by atoms with Crippen LogP contribution in [0.1, 0.15) is 0 Å². The number of hydrogen-bond acceptors (Lipinski definition) is 10. The minimum Gasteiger partial charge on any atom is -0.379 e. The number of rotatable bonds is 5. The molecule has 0 radical (unpaired) electrons. The lowest BCUT2D eigenvalue weighted by Crippen LogP contribution is -2.48. The van der Waals surface area contributed by atoms with E-state index in [0.717, 1.165) is 0 Å². The molecule has 2 atom stereocenters. The topological polar surface area (TPSA) is 118 Å². The van der Waals surface area contributed by atoms with Gasteiger partial charge in [-0.05, 0) is 0 Å². The number of nitrogens with zero attached hydrogens (tertiary/aromatic N) is 2. The second-order valence-corrected chi connectivity index (χ2v) is 4.79. The van der Waals surface area contributed by atoms with E-state index in [4.69, 9.17) is 19.1 Å². The first-order valence-corrected chi connectivity index (χ1v) is 7.03. The van der Waals surface area contributed by atoms with Crippen molar-refractivity contribution in [2.45, 2.75) is 12.2 Å². The van der Waals surface area contributed by atoms with Crippen molar-refractivity contribution in [3.05, 3.63) is 0 Å². The summed E-state index contributed by atoms with van der Waals surface area (Å²) in [5.74, 6) is -2.23. The third kappa shape index (κ3) is 4.87. The number of ether oxygens (including phenoxy) is 2. The molecule has 0 aromatic rings. The van der Waals surface area contributed by atoms with Crippen molar-refractivity contribution in [1.29, 1.82) is 0 Å². The third-order valence-corrected chi connectivity index (χ3v) is 3.16. The maximum atomic E-state index is 11.7. The van der Waals surface area contributed by atoms with Gasteiger partial charge in [-0.3, -0.25) is 0 Å². The first-order valence-electron chi connectivity index (χ1n) is 7.03. The highest BCUT2D eigenvalue weighted by Crippen LogP contribution is 2.06. The summed E-state index contributed by atoms with van der Waals surface area (Å²) in [5.41, 5.74) is 0. The molecule has 2 fully saturated rings. The van der Waals surface area contributed by atoms with E-state index >= 15 is 0 Å². The Labute approximate surface area is 127 Å². The van der Waals surface area contributed by atoms with Gasteiger partial charge in [0.1, 0.15) is 0 Å². The predicted molar refractivity (Wildman–Crippen MR) is 69.0 cm³/mol. The number of hydroxylamine groups is 4. The summed E-state index contributed by atoms with van der Waals surface area (Å²) in [7, 11) is 0. The summed E-state index contributed by atoms with van der Waals surface area (Å²) in [5, 5.41) is 22.0. The van der Waals surface area contributed by atoms with Crippen LogP contribution in [0.2, 0.25) is 0 Å². The van der Waals surface area contributed by atoms with Crippen molar-refractivity contribution in [3.63, 3.8) is 0 Å². The van der Waals surface area contributed by atoms with Gasteiger partial charge in [0.05, 0.1) is 52.6 Å². The molecule has 2 aliphatic heterocycles. The summed E-state index contributed by atoms with van der Waals surface area (Å²) in [6, 6.07) is 0.